The molecule has 1 N–H and O–H groups in total. The average molecular weight is 269 g/mol. The molecule has 104 valence electrons. The summed E-state index contributed by atoms with van der Waals surface area (Å²) < 4.78 is 0. The highest BCUT2D eigenvalue weighted by molar-refractivity contribution is 5.89. The topological polar surface area (TPSA) is 45.2 Å². The summed E-state index contributed by atoms with van der Waals surface area (Å²) in [7, 11) is 0. The summed E-state index contributed by atoms with van der Waals surface area (Å²) in [4.78, 5) is 17.9. The van der Waals surface area contributed by atoms with Crippen LogP contribution in [0.5, 0.6) is 0 Å². The molecule has 1 heterocycles. The first-order valence-corrected chi connectivity index (χ1v) is 6.70. The van der Waals surface area contributed by atoms with Crippen molar-refractivity contribution in [3.63, 3.8) is 0 Å². The fourth-order valence-electron chi connectivity index (χ4n) is 2.00. The zero-order chi connectivity index (χ0) is 14.4. The molecule has 1 aromatic heterocycles. The van der Waals surface area contributed by atoms with Crippen LogP contribution in [0.2, 0.25) is 0 Å². The first kappa shape index (κ1) is 14.1. The van der Waals surface area contributed by atoms with Crippen LogP contribution < -0.4 is 5.32 Å². The van der Waals surface area contributed by atoms with Gasteiger partial charge < -0.3 is 10.2 Å². The van der Waals surface area contributed by atoms with E-state index in [1.165, 1.54) is 5.56 Å². The molecule has 0 aliphatic heterocycles. The van der Waals surface area contributed by atoms with E-state index in [-0.39, 0.29) is 6.03 Å². The van der Waals surface area contributed by atoms with E-state index in [4.69, 9.17) is 0 Å². The maximum atomic E-state index is 12.2. The molecule has 0 aliphatic rings. The summed E-state index contributed by atoms with van der Waals surface area (Å²) in [5, 5.41) is 2.87. The lowest BCUT2D eigenvalue weighted by Crippen LogP contribution is -2.34. The van der Waals surface area contributed by atoms with Crippen molar-refractivity contribution < 1.29 is 4.79 Å². The van der Waals surface area contributed by atoms with Crippen LogP contribution in [-0.2, 0) is 6.54 Å². The molecule has 1 aromatic carbocycles. The monoisotopic (exact) mass is 269 g/mol. The Balaban J connectivity index is 2.02. The first-order chi connectivity index (χ1) is 9.69. The van der Waals surface area contributed by atoms with Crippen LogP contribution in [0, 0.1) is 6.92 Å². The Labute approximate surface area is 119 Å². The third kappa shape index (κ3) is 3.82. The van der Waals surface area contributed by atoms with Crippen molar-refractivity contribution in [3.05, 3.63) is 59.9 Å². The Bertz CT molecular complexity index is 569. The number of urea groups is 1. The minimum Gasteiger partial charge on any atom is -0.320 e. The average Bonchev–Trinajstić information content (AvgIpc) is 2.46. The zero-order valence-corrected chi connectivity index (χ0v) is 11.8. The molecule has 0 saturated heterocycles. The van der Waals surface area contributed by atoms with Gasteiger partial charge in [-0.1, -0.05) is 29.8 Å². The van der Waals surface area contributed by atoms with Gasteiger partial charge in [0.15, 0.2) is 0 Å². The molecule has 0 spiro atoms. The van der Waals surface area contributed by atoms with Gasteiger partial charge in [0, 0.05) is 31.2 Å². The third-order valence-corrected chi connectivity index (χ3v) is 3.06. The second-order valence-corrected chi connectivity index (χ2v) is 4.67. The van der Waals surface area contributed by atoms with Crippen LogP contribution >= 0.6 is 0 Å². The Hall–Kier alpha value is -2.36. The summed E-state index contributed by atoms with van der Waals surface area (Å²) in [5.41, 5.74) is 3.09. The number of anilines is 1. The van der Waals surface area contributed by atoms with Crippen molar-refractivity contribution in [1.82, 2.24) is 9.88 Å². The van der Waals surface area contributed by atoms with Crippen LogP contribution in [0.4, 0.5) is 10.5 Å². The molecule has 0 fully saturated rings. The molecule has 0 bridgehead atoms. The molecule has 0 aliphatic carbocycles. The summed E-state index contributed by atoms with van der Waals surface area (Å²) in [6, 6.07) is 11.7. The van der Waals surface area contributed by atoms with Crippen LogP contribution in [-0.4, -0.2) is 22.5 Å². The van der Waals surface area contributed by atoms with E-state index in [9.17, 15) is 4.79 Å². The highest BCUT2D eigenvalue weighted by atomic mass is 16.2. The highest BCUT2D eigenvalue weighted by Crippen LogP contribution is 2.10. The van der Waals surface area contributed by atoms with Crippen molar-refractivity contribution in [3.8, 4) is 0 Å². The molecule has 4 nitrogen and oxygen atoms in total. The zero-order valence-electron chi connectivity index (χ0n) is 11.8. The van der Waals surface area contributed by atoms with Gasteiger partial charge in [0.2, 0.25) is 0 Å². The Morgan fingerprint density at radius 3 is 2.65 bits per heavy atom. The van der Waals surface area contributed by atoms with Crippen LogP contribution in [0.25, 0.3) is 0 Å². The lowest BCUT2D eigenvalue weighted by molar-refractivity contribution is 0.212. The van der Waals surface area contributed by atoms with Crippen LogP contribution in [0.3, 0.4) is 0 Å². The molecule has 0 unspecified atom stereocenters. The largest absolute Gasteiger partial charge is 0.322 e. The Morgan fingerprint density at radius 2 is 2.00 bits per heavy atom. The predicted molar refractivity (Wildman–Crippen MR) is 80.5 cm³/mol. The molecule has 0 atom stereocenters. The smallest absolute Gasteiger partial charge is 0.320 e. The molecular weight excluding hydrogens is 250 g/mol. The highest BCUT2D eigenvalue weighted by Gasteiger charge is 2.12. The molecule has 0 saturated carbocycles. The van der Waals surface area contributed by atoms with E-state index < -0.39 is 0 Å². The maximum Gasteiger partial charge on any atom is 0.322 e. The second-order valence-electron chi connectivity index (χ2n) is 4.67. The van der Waals surface area contributed by atoms with E-state index in [1.807, 2.05) is 19.1 Å². The fraction of sp³-hybridized carbons (Fsp3) is 0.250. The number of carbonyl (C=O) groups excluding carboxylic acids is 1. The number of hydrogen-bond donors (Lipinski definition) is 1. The normalized spacial score (nSPS) is 10.1. The Morgan fingerprint density at radius 1 is 1.25 bits per heavy atom. The Kier molecular flexibility index (Phi) is 4.71. The number of amides is 2. The molecule has 2 aromatic rings. The van der Waals surface area contributed by atoms with Gasteiger partial charge in [0.25, 0.3) is 0 Å². The first-order valence-electron chi connectivity index (χ1n) is 6.70. The van der Waals surface area contributed by atoms with Gasteiger partial charge in [-0.2, -0.15) is 0 Å². The maximum absolute atomic E-state index is 12.2. The SMILES string of the molecule is CCN(Cc1cccc(C)c1)C(=O)Nc1ccncc1. The van der Waals surface area contributed by atoms with E-state index in [2.05, 4.69) is 29.4 Å². The van der Waals surface area contributed by atoms with E-state index >= 15 is 0 Å². The van der Waals surface area contributed by atoms with E-state index in [0.717, 1.165) is 11.3 Å². The van der Waals surface area contributed by atoms with Crippen molar-refractivity contribution in [1.29, 1.82) is 0 Å². The van der Waals surface area contributed by atoms with Crippen LogP contribution in [0.15, 0.2) is 48.8 Å². The number of pyridine rings is 1. The predicted octanol–water partition coefficient (Wildman–Crippen LogP) is 3.44. The van der Waals surface area contributed by atoms with E-state index in [0.29, 0.717) is 13.1 Å². The lowest BCUT2D eigenvalue weighted by Gasteiger charge is -2.21. The van der Waals surface area contributed by atoms with E-state index in [1.54, 1.807) is 29.4 Å². The molecule has 2 amide bonds. The standard InChI is InChI=1S/C16H19N3O/c1-3-19(12-14-6-4-5-13(2)11-14)16(20)18-15-7-9-17-10-8-15/h4-11H,3,12H2,1-2H3,(H,17,18,20). The van der Waals surface area contributed by atoms with Gasteiger partial charge in [0.1, 0.15) is 0 Å². The molecule has 4 heteroatoms. The summed E-state index contributed by atoms with van der Waals surface area (Å²) in [5.74, 6) is 0. The molecule has 0 radical (unpaired) electrons. The van der Waals surface area contributed by atoms with Gasteiger partial charge in [-0.05, 0) is 31.5 Å². The van der Waals surface area contributed by atoms with Gasteiger partial charge in [0.05, 0.1) is 0 Å². The number of rotatable bonds is 4. The minimum atomic E-state index is -0.0970. The fourth-order valence-corrected chi connectivity index (χ4v) is 2.00. The van der Waals surface area contributed by atoms with Gasteiger partial charge in [-0.15, -0.1) is 0 Å². The van der Waals surface area contributed by atoms with Crippen LogP contribution in [0.1, 0.15) is 18.1 Å². The molecule has 20 heavy (non-hydrogen) atoms. The van der Waals surface area contributed by atoms with Crippen molar-refractivity contribution in [2.75, 3.05) is 11.9 Å². The number of aromatic nitrogens is 1. The number of hydrogen-bond acceptors (Lipinski definition) is 2. The quantitative estimate of drug-likeness (QED) is 0.924. The lowest BCUT2D eigenvalue weighted by atomic mass is 10.1. The van der Waals surface area contributed by atoms with Crippen molar-refractivity contribution >= 4 is 11.7 Å². The molecular formula is C16H19N3O. The van der Waals surface area contributed by atoms with Crippen molar-refractivity contribution in [2.45, 2.75) is 20.4 Å². The van der Waals surface area contributed by atoms with Gasteiger partial charge in [-0.3, -0.25) is 4.98 Å². The molecule has 2 rings (SSSR count). The number of benzene rings is 1. The summed E-state index contributed by atoms with van der Waals surface area (Å²) in [6.07, 6.45) is 3.32. The van der Waals surface area contributed by atoms with Gasteiger partial charge in [-0.25, -0.2) is 4.79 Å². The second kappa shape index (κ2) is 6.70. The number of nitrogens with one attached hydrogen (secondary N) is 1. The minimum absolute atomic E-state index is 0.0970. The summed E-state index contributed by atoms with van der Waals surface area (Å²) >= 11 is 0. The van der Waals surface area contributed by atoms with Crippen molar-refractivity contribution in [2.24, 2.45) is 0 Å². The third-order valence-electron chi connectivity index (χ3n) is 3.06. The number of nitrogens with zero attached hydrogens (tertiary/aromatic N) is 2. The summed E-state index contributed by atoms with van der Waals surface area (Å²) in [6.45, 7) is 5.29. The number of aryl methyl sites for hydroxylation is 1. The van der Waals surface area contributed by atoms with Gasteiger partial charge >= 0.3 is 6.03 Å². The number of carbonyl (C=O) groups is 1.